The lowest BCUT2D eigenvalue weighted by Crippen LogP contribution is -2.62. The Morgan fingerprint density at radius 2 is 1.88 bits per heavy atom. The lowest BCUT2D eigenvalue weighted by atomic mass is 9.45. The summed E-state index contributed by atoms with van der Waals surface area (Å²) in [5.41, 5.74) is 11.2. The molecule has 56 heavy (non-hydrogen) atoms. The van der Waals surface area contributed by atoms with Gasteiger partial charge in [0.05, 0.1) is 25.9 Å². The Kier molecular flexibility index (Phi) is 12.8. The fraction of sp³-hybridized carbons (Fsp3) is 0.568. The molecule has 2 heterocycles. The predicted molar refractivity (Wildman–Crippen MR) is 220 cm³/mol. The monoisotopic (exact) mass is 769 g/mol. The Bertz CT molecular complexity index is 1840. The number of ether oxygens (including phenoxy) is 1. The molecule has 4 fully saturated rings. The molecule has 3 saturated carbocycles. The van der Waals surface area contributed by atoms with Crippen molar-refractivity contribution in [2.45, 2.75) is 83.8 Å². The van der Waals surface area contributed by atoms with Crippen molar-refractivity contribution in [3.63, 3.8) is 0 Å². The van der Waals surface area contributed by atoms with E-state index in [0.717, 1.165) is 34.5 Å². The Labute approximate surface area is 333 Å². The SMILES string of the molecule is COc1c(CN2O[C@@H](CN)[C@@H]([C@H](C)O)[C@H]2C(=O)N[C@H]2C[C@@H]3C[C@H]([C@@H]2C)C3(C)C)cccc1-c1cc(C(=O)N[C@@H](Cc2ccccn2)CN(C)C)cc(N(C)C)c1. The molecule has 1 aromatic heterocycles. The fourth-order valence-corrected chi connectivity index (χ4v) is 9.67. The van der Waals surface area contributed by atoms with Crippen molar-refractivity contribution in [2.24, 2.45) is 34.8 Å². The number of aromatic nitrogens is 1. The summed E-state index contributed by atoms with van der Waals surface area (Å²) < 4.78 is 6.13. The Balaban J connectivity index is 1.28. The lowest BCUT2D eigenvalue weighted by Gasteiger charge is -2.62. The van der Waals surface area contributed by atoms with Crippen LogP contribution in [0.4, 0.5) is 5.69 Å². The van der Waals surface area contributed by atoms with E-state index < -0.39 is 24.2 Å². The van der Waals surface area contributed by atoms with Gasteiger partial charge >= 0.3 is 0 Å². The number of nitrogens with one attached hydrogen (secondary N) is 2. The van der Waals surface area contributed by atoms with Crippen molar-refractivity contribution in [2.75, 3.05) is 53.3 Å². The van der Waals surface area contributed by atoms with Gasteiger partial charge in [0.15, 0.2) is 0 Å². The summed E-state index contributed by atoms with van der Waals surface area (Å²) >= 11 is 0. The largest absolute Gasteiger partial charge is 0.496 e. The van der Waals surface area contributed by atoms with Crippen molar-refractivity contribution in [3.05, 3.63) is 77.6 Å². The molecule has 3 aliphatic carbocycles. The van der Waals surface area contributed by atoms with E-state index in [1.54, 1.807) is 25.3 Å². The second-order valence-corrected chi connectivity index (χ2v) is 17.4. The highest BCUT2D eigenvalue weighted by Crippen LogP contribution is 2.61. The van der Waals surface area contributed by atoms with E-state index in [2.05, 4.69) is 41.3 Å². The van der Waals surface area contributed by atoms with Gasteiger partial charge in [-0.15, -0.1) is 0 Å². The number of aliphatic hydroxyl groups excluding tert-OH is 1. The third-order valence-corrected chi connectivity index (χ3v) is 12.9. The maximum Gasteiger partial charge on any atom is 0.251 e. The minimum Gasteiger partial charge on any atom is -0.496 e. The quantitative estimate of drug-likeness (QED) is 0.176. The van der Waals surface area contributed by atoms with Gasteiger partial charge in [-0.2, -0.15) is 5.06 Å². The number of methoxy groups -OCH3 is 1. The van der Waals surface area contributed by atoms with Gasteiger partial charge in [-0.25, -0.2) is 0 Å². The number of para-hydroxylation sites is 1. The molecule has 0 spiro atoms. The molecule has 4 aliphatic rings. The number of hydrogen-bond acceptors (Lipinski definition) is 10. The van der Waals surface area contributed by atoms with E-state index in [1.165, 1.54) is 6.42 Å². The number of aliphatic hydroxyl groups is 1. The molecule has 5 N–H and O–H groups in total. The Morgan fingerprint density at radius 1 is 1.11 bits per heavy atom. The van der Waals surface area contributed by atoms with Gasteiger partial charge < -0.3 is 36.0 Å². The van der Waals surface area contributed by atoms with E-state index in [0.29, 0.717) is 47.4 Å². The number of nitrogens with zero attached hydrogens (tertiary/aromatic N) is 4. The molecule has 2 amide bonds. The van der Waals surface area contributed by atoms with Gasteiger partial charge in [0.25, 0.3) is 5.91 Å². The van der Waals surface area contributed by atoms with Crippen molar-refractivity contribution in [3.8, 4) is 16.9 Å². The van der Waals surface area contributed by atoms with Crippen LogP contribution in [-0.2, 0) is 22.6 Å². The van der Waals surface area contributed by atoms with E-state index in [9.17, 15) is 14.7 Å². The van der Waals surface area contributed by atoms with Gasteiger partial charge in [-0.1, -0.05) is 45.0 Å². The van der Waals surface area contributed by atoms with Crippen LogP contribution in [0.3, 0.4) is 0 Å². The zero-order valence-corrected chi connectivity index (χ0v) is 34.7. The van der Waals surface area contributed by atoms with Crippen LogP contribution in [0.15, 0.2) is 60.8 Å². The molecule has 0 radical (unpaired) electrons. The van der Waals surface area contributed by atoms with Crippen molar-refractivity contribution < 1.29 is 24.3 Å². The minimum absolute atomic E-state index is 0.0640. The normalized spacial score (nSPS) is 26.6. The predicted octanol–water partition coefficient (Wildman–Crippen LogP) is 4.35. The highest BCUT2D eigenvalue weighted by molar-refractivity contribution is 5.97. The van der Waals surface area contributed by atoms with Crippen LogP contribution < -0.4 is 26.0 Å². The summed E-state index contributed by atoms with van der Waals surface area (Å²) in [5, 5.41) is 19.4. The first-order valence-corrected chi connectivity index (χ1v) is 20.1. The number of carbonyl (C=O) groups is 2. The van der Waals surface area contributed by atoms with Crippen LogP contribution in [0.5, 0.6) is 5.75 Å². The minimum atomic E-state index is -0.826. The summed E-state index contributed by atoms with van der Waals surface area (Å²) in [6.45, 7) is 9.68. The standard InChI is InChI=1S/C44H63N7O5/c1-26-36-20-31(44(36,3)4)21-37(26)48-43(54)40-39(27(2)52)38(23-45)56-51(40)24-28-13-12-15-35(41(28)55-9)29-17-30(19-34(18-29)50(7)8)42(53)47-33(25-49(5)6)22-32-14-10-11-16-46-32/h10-19,26-27,31,33,36-40,52H,20-25,45H2,1-9H3,(H,47,53)(H,48,54)/t26-,27-,31-,33-,36+,37-,38-,39+,40-/m0/s1. The molecule has 304 valence electrons. The van der Waals surface area contributed by atoms with Crippen LogP contribution in [0.1, 0.15) is 62.2 Å². The van der Waals surface area contributed by atoms with Crippen molar-refractivity contribution >= 4 is 17.5 Å². The summed E-state index contributed by atoms with van der Waals surface area (Å²) in [4.78, 5) is 43.3. The summed E-state index contributed by atoms with van der Waals surface area (Å²) in [6.07, 6.45) is 3.17. The highest BCUT2D eigenvalue weighted by atomic mass is 16.7. The van der Waals surface area contributed by atoms with Crippen LogP contribution in [0.2, 0.25) is 0 Å². The average molecular weight is 770 g/mol. The van der Waals surface area contributed by atoms with Crippen LogP contribution in [0, 0.1) is 29.1 Å². The average Bonchev–Trinajstić information content (AvgIpc) is 3.53. The molecule has 12 nitrogen and oxygen atoms in total. The van der Waals surface area contributed by atoms with E-state index >= 15 is 0 Å². The van der Waals surface area contributed by atoms with Crippen LogP contribution in [0.25, 0.3) is 11.1 Å². The molecule has 2 aromatic carbocycles. The third kappa shape index (κ3) is 8.60. The van der Waals surface area contributed by atoms with Crippen molar-refractivity contribution in [1.82, 2.24) is 25.6 Å². The number of carbonyl (C=O) groups excluding carboxylic acids is 2. The summed E-state index contributed by atoms with van der Waals surface area (Å²) in [5.74, 6) is 1.26. The van der Waals surface area contributed by atoms with Gasteiger partial charge in [0, 0.05) is 85.9 Å². The Hall–Kier alpha value is -4.07. The second-order valence-electron chi connectivity index (χ2n) is 17.4. The smallest absolute Gasteiger partial charge is 0.251 e. The maximum absolute atomic E-state index is 14.3. The number of fused-ring (bicyclic) bond motifs is 2. The number of benzene rings is 2. The first kappa shape index (κ1) is 41.6. The van der Waals surface area contributed by atoms with Gasteiger partial charge in [0.1, 0.15) is 11.8 Å². The lowest BCUT2D eigenvalue weighted by molar-refractivity contribution is -0.175. The second kappa shape index (κ2) is 17.2. The highest BCUT2D eigenvalue weighted by Gasteiger charge is 2.57. The molecule has 12 heteroatoms. The molecule has 7 rings (SSSR count). The topological polar surface area (TPSA) is 146 Å². The van der Waals surface area contributed by atoms with Gasteiger partial charge in [0.2, 0.25) is 5.91 Å². The molecule has 0 unspecified atom stereocenters. The molecular weight excluding hydrogens is 707 g/mol. The number of rotatable bonds is 15. The van der Waals surface area contributed by atoms with E-state index in [4.69, 9.17) is 15.3 Å². The maximum atomic E-state index is 14.3. The third-order valence-electron chi connectivity index (χ3n) is 12.9. The summed E-state index contributed by atoms with van der Waals surface area (Å²) in [7, 11) is 9.51. The number of likely N-dealkylation sites (N-methyl/N-ethyl adjacent to an activating group) is 1. The van der Waals surface area contributed by atoms with Crippen LogP contribution in [-0.4, -0.2) is 111 Å². The summed E-state index contributed by atoms with van der Waals surface area (Å²) in [6, 6.07) is 16.7. The number of anilines is 1. The number of amides is 2. The van der Waals surface area contributed by atoms with E-state index in [1.807, 2.05) is 87.7 Å². The molecule has 1 aliphatic heterocycles. The van der Waals surface area contributed by atoms with Gasteiger partial charge in [-0.3, -0.25) is 19.4 Å². The van der Waals surface area contributed by atoms with Gasteiger partial charge in [-0.05, 0) is 92.9 Å². The number of pyridine rings is 1. The first-order chi connectivity index (χ1) is 26.6. The molecule has 1 saturated heterocycles. The van der Waals surface area contributed by atoms with Crippen molar-refractivity contribution in [1.29, 1.82) is 0 Å². The number of hydrogen-bond donors (Lipinski definition) is 4. The molecular formula is C44H63N7O5. The number of nitrogens with two attached hydrogens (primary N) is 1. The molecule has 2 bridgehead atoms. The van der Waals surface area contributed by atoms with E-state index in [-0.39, 0.29) is 37.0 Å². The molecule has 9 atom stereocenters. The van der Waals surface area contributed by atoms with Crippen LogP contribution >= 0.6 is 0 Å². The first-order valence-electron chi connectivity index (χ1n) is 20.1. The fourth-order valence-electron chi connectivity index (χ4n) is 9.67. The zero-order chi connectivity index (χ0) is 40.5. The molecule has 3 aromatic rings. The number of hydroxylamine groups is 2. The zero-order valence-electron chi connectivity index (χ0n) is 34.7. The Morgan fingerprint density at radius 3 is 2.48 bits per heavy atom.